The first-order valence-corrected chi connectivity index (χ1v) is 7.21. The smallest absolute Gasteiger partial charge is 0.248 e. The van der Waals surface area contributed by atoms with E-state index in [1.807, 2.05) is 0 Å². The average molecular weight is 323 g/mol. The Morgan fingerprint density at radius 2 is 1.94 bits per heavy atom. The summed E-state index contributed by atoms with van der Waals surface area (Å²) >= 11 is 3.01. The summed E-state index contributed by atoms with van der Waals surface area (Å²) in [5, 5.41) is 0. The summed E-state index contributed by atoms with van der Waals surface area (Å²) in [7, 11) is -3.74. The van der Waals surface area contributed by atoms with Crippen LogP contribution in [0.3, 0.4) is 0 Å². The van der Waals surface area contributed by atoms with Crippen LogP contribution in [0.15, 0.2) is 26.6 Å². The van der Waals surface area contributed by atoms with Gasteiger partial charge in [0.15, 0.2) is 0 Å². The van der Waals surface area contributed by atoms with Gasteiger partial charge in [0.2, 0.25) is 15.5 Å². The molecule has 0 saturated carbocycles. The molecule has 0 atom stereocenters. The molecule has 1 aromatic rings. The lowest BCUT2D eigenvalue weighted by molar-refractivity contribution is 0.0730. The van der Waals surface area contributed by atoms with Crippen LogP contribution >= 0.6 is 15.9 Å². The quantitative estimate of drug-likeness (QED) is 0.841. The first-order valence-electron chi connectivity index (χ1n) is 4.98. The van der Waals surface area contributed by atoms with Gasteiger partial charge in [-0.15, -0.1) is 0 Å². The third-order valence-corrected chi connectivity index (χ3v) is 4.95. The number of pyridine rings is 1. The third-order valence-electron chi connectivity index (χ3n) is 2.45. The van der Waals surface area contributed by atoms with Crippen LogP contribution < -0.4 is 5.43 Å². The molecule has 0 aliphatic carbocycles. The minimum atomic E-state index is -3.74. The highest BCUT2D eigenvalue weighted by Crippen LogP contribution is 2.14. The van der Waals surface area contributed by atoms with E-state index in [9.17, 15) is 13.2 Å². The number of rotatable bonds is 2. The number of H-pyrrole nitrogens is 1. The lowest BCUT2D eigenvalue weighted by Gasteiger charge is -2.25. The number of ether oxygens (including phenoxy) is 1. The van der Waals surface area contributed by atoms with Crippen molar-refractivity contribution >= 4 is 26.0 Å². The molecule has 0 bridgehead atoms. The molecule has 8 heteroatoms. The third kappa shape index (κ3) is 2.44. The number of nitrogens with one attached hydrogen (secondary N) is 1. The van der Waals surface area contributed by atoms with E-state index in [-0.39, 0.29) is 22.5 Å². The Morgan fingerprint density at radius 1 is 1.29 bits per heavy atom. The van der Waals surface area contributed by atoms with E-state index in [0.717, 1.165) is 0 Å². The standard InChI is InChI=1S/C9H11BrN2O4S/c10-7-5-11-6-8(9(7)13)17(14,15)12-1-3-16-4-2-12/h5-6H,1-4H2,(H,11,13). The van der Waals surface area contributed by atoms with E-state index in [2.05, 4.69) is 20.9 Å². The summed E-state index contributed by atoms with van der Waals surface area (Å²) in [4.78, 5) is 14.1. The molecule has 0 spiro atoms. The number of aromatic amines is 1. The molecule has 1 N–H and O–H groups in total. The zero-order valence-corrected chi connectivity index (χ0v) is 11.3. The van der Waals surface area contributed by atoms with Crippen molar-refractivity contribution in [2.75, 3.05) is 26.3 Å². The highest BCUT2D eigenvalue weighted by atomic mass is 79.9. The van der Waals surface area contributed by atoms with Gasteiger partial charge in [-0.25, -0.2) is 8.42 Å². The average Bonchev–Trinajstić information content (AvgIpc) is 2.33. The normalized spacial score (nSPS) is 18.2. The number of aromatic nitrogens is 1. The second-order valence-electron chi connectivity index (χ2n) is 3.51. The molecular weight excluding hydrogens is 312 g/mol. The van der Waals surface area contributed by atoms with Gasteiger partial charge in [-0.3, -0.25) is 4.79 Å². The summed E-state index contributed by atoms with van der Waals surface area (Å²) in [6.45, 7) is 1.25. The zero-order valence-electron chi connectivity index (χ0n) is 8.85. The number of sulfonamides is 1. The summed E-state index contributed by atoms with van der Waals surface area (Å²) in [5.74, 6) is 0. The fourth-order valence-electron chi connectivity index (χ4n) is 1.56. The fraction of sp³-hybridized carbons (Fsp3) is 0.444. The van der Waals surface area contributed by atoms with Gasteiger partial charge in [0, 0.05) is 25.5 Å². The van der Waals surface area contributed by atoms with E-state index in [4.69, 9.17) is 4.74 Å². The number of hydrogen-bond donors (Lipinski definition) is 1. The topological polar surface area (TPSA) is 79.5 Å². The summed E-state index contributed by atoms with van der Waals surface area (Å²) in [6, 6.07) is 0. The van der Waals surface area contributed by atoms with Gasteiger partial charge in [0.1, 0.15) is 4.90 Å². The predicted molar refractivity (Wildman–Crippen MR) is 64.3 cm³/mol. The van der Waals surface area contributed by atoms with Crippen molar-refractivity contribution in [3.63, 3.8) is 0 Å². The first kappa shape index (κ1) is 12.7. The second-order valence-corrected chi connectivity index (χ2v) is 6.27. The molecule has 0 unspecified atom stereocenters. The molecule has 2 rings (SSSR count). The molecule has 1 fully saturated rings. The van der Waals surface area contributed by atoms with Crippen LogP contribution in [0.2, 0.25) is 0 Å². The van der Waals surface area contributed by atoms with Crippen molar-refractivity contribution in [3.05, 3.63) is 27.1 Å². The van der Waals surface area contributed by atoms with Crippen molar-refractivity contribution in [2.45, 2.75) is 4.90 Å². The van der Waals surface area contributed by atoms with E-state index in [1.54, 1.807) is 0 Å². The molecule has 1 aliphatic rings. The van der Waals surface area contributed by atoms with E-state index < -0.39 is 15.5 Å². The lowest BCUT2D eigenvalue weighted by Crippen LogP contribution is -2.42. The van der Waals surface area contributed by atoms with Gasteiger partial charge in [0.05, 0.1) is 17.7 Å². The van der Waals surface area contributed by atoms with Crippen molar-refractivity contribution in [3.8, 4) is 0 Å². The fourth-order valence-corrected chi connectivity index (χ4v) is 3.50. The number of hydrogen-bond acceptors (Lipinski definition) is 4. The van der Waals surface area contributed by atoms with Crippen LogP contribution in [0.4, 0.5) is 0 Å². The molecule has 94 valence electrons. The van der Waals surface area contributed by atoms with Crippen LogP contribution in [-0.4, -0.2) is 44.0 Å². The zero-order chi connectivity index (χ0) is 12.5. The van der Waals surface area contributed by atoms with Gasteiger partial charge in [-0.2, -0.15) is 4.31 Å². The van der Waals surface area contributed by atoms with Gasteiger partial charge in [-0.05, 0) is 15.9 Å². The monoisotopic (exact) mass is 322 g/mol. The van der Waals surface area contributed by atoms with Gasteiger partial charge < -0.3 is 9.72 Å². The Kier molecular flexibility index (Phi) is 3.67. The number of morpholine rings is 1. The summed E-state index contributed by atoms with van der Waals surface area (Å²) in [5.41, 5.74) is -0.532. The summed E-state index contributed by atoms with van der Waals surface area (Å²) in [6.07, 6.45) is 2.61. The van der Waals surface area contributed by atoms with Crippen LogP contribution in [0.5, 0.6) is 0 Å². The minimum Gasteiger partial charge on any atom is -0.379 e. The van der Waals surface area contributed by atoms with E-state index >= 15 is 0 Å². The van der Waals surface area contributed by atoms with Crippen molar-refractivity contribution in [1.29, 1.82) is 0 Å². The van der Waals surface area contributed by atoms with E-state index in [0.29, 0.717) is 13.2 Å². The van der Waals surface area contributed by atoms with Gasteiger partial charge in [0.25, 0.3) is 0 Å². The Balaban J connectivity index is 2.44. The van der Waals surface area contributed by atoms with Crippen LogP contribution in [0.1, 0.15) is 0 Å². The van der Waals surface area contributed by atoms with Crippen molar-refractivity contribution in [2.24, 2.45) is 0 Å². The molecule has 6 nitrogen and oxygen atoms in total. The molecule has 1 aromatic heterocycles. The summed E-state index contributed by atoms with van der Waals surface area (Å²) < 4.78 is 30.9. The maximum Gasteiger partial charge on any atom is 0.248 e. The van der Waals surface area contributed by atoms with Crippen LogP contribution in [-0.2, 0) is 14.8 Å². The number of halogens is 1. The Hall–Kier alpha value is -0.700. The maximum atomic E-state index is 12.2. The molecule has 0 aromatic carbocycles. The van der Waals surface area contributed by atoms with Gasteiger partial charge in [-0.1, -0.05) is 0 Å². The SMILES string of the molecule is O=c1c(Br)c[nH]cc1S(=O)(=O)N1CCOCC1. The molecule has 17 heavy (non-hydrogen) atoms. The lowest BCUT2D eigenvalue weighted by atomic mass is 10.5. The minimum absolute atomic E-state index is 0.201. The highest BCUT2D eigenvalue weighted by molar-refractivity contribution is 9.10. The molecule has 1 saturated heterocycles. The maximum absolute atomic E-state index is 12.2. The molecule has 0 amide bonds. The second kappa shape index (κ2) is 4.89. The molecule has 1 aliphatic heterocycles. The molecule has 2 heterocycles. The van der Waals surface area contributed by atoms with Crippen molar-refractivity contribution in [1.82, 2.24) is 9.29 Å². The first-order chi connectivity index (χ1) is 8.03. The predicted octanol–water partition coefficient (Wildman–Crippen LogP) is 0.158. The van der Waals surface area contributed by atoms with Crippen molar-refractivity contribution < 1.29 is 13.2 Å². The molecule has 0 radical (unpaired) electrons. The Labute approximate surface area is 107 Å². The molecular formula is C9H11BrN2O4S. The highest BCUT2D eigenvalue weighted by Gasteiger charge is 2.28. The number of nitrogens with zero attached hydrogens (tertiary/aromatic N) is 1. The Morgan fingerprint density at radius 3 is 2.59 bits per heavy atom. The van der Waals surface area contributed by atoms with Gasteiger partial charge >= 0.3 is 0 Å². The largest absolute Gasteiger partial charge is 0.379 e. The Bertz CT molecular complexity index is 563. The van der Waals surface area contributed by atoms with E-state index in [1.165, 1.54) is 16.7 Å². The van der Waals surface area contributed by atoms with Crippen LogP contribution in [0.25, 0.3) is 0 Å². The van der Waals surface area contributed by atoms with Crippen LogP contribution in [0, 0.1) is 0 Å².